The maximum atomic E-state index is 11.9. The van der Waals surface area contributed by atoms with E-state index in [9.17, 15) is 9.59 Å². The van der Waals surface area contributed by atoms with Crippen molar-refractivity contribution in [3.05, 3.63) is 35.9 Å². The van der Waals surface area contributed by atoms with E-state index < -0.39 is 11.8 Å². The van der Waals surface area contributed by atoms with Crippen molar-refractivity contribution in [3.63, 3.8) is 0 Å². The number of anilines is 1. The van der Waals surface area contributed by atoms with Crippen LogP contribution in [-0.2, 0) is 0 Å². The minimum Gasteiger partial charge on any atom is -0.369 e. The third-order valence-electron chi connectivity index (χ3n) is 5.73. The van der Waals surface area contributed by atoms with Crippen molar-refractivity contribution >= 4 is 28.5 Å². The molecule has 2 aromatic heterocycles. The van der Waals surface area contributed by atoms with E-state index in [1.54, 1.807) is 0 Å². The summed E-state index contributed by atoms with van der Waals surface area (Å²) in [7, 11) is 0. The van der Waals surface area contributed by atoms with Crippen LogP contribution in [-0.4, -0.2) is 69.0 Å². The van der Waals surface area contributed by atoms with E-state index in [2.05, 4.69) is 37.7 Å². The van der Waals surface area contributed by atoms with Gasteiger partial charge >= 0.3 is 0 Å². The van der Waals surface area contributed by atoms with Crippen LogP contribution in [0.25, 0.3) is 17.0 Å². The van der Waals surface area contributed by atoms with Crippen LogP contribution in [0.2, 0.25) is 0 Å². The Morgan fingerprint density at radius 2 is 1.87 bits per heavy atom. The number of rotatable bonds is 8. The van der Waals surface area contributed by atoms with Crippen LogP contribution in [0.1, 0.15) is 47.2 Å². The monoisotopic (exact) mass is 424 g/mol. The number of unbranched alkanes of at least 4 members (excludes halogenated alkanes) is 2. The zero-order chi connectivity index (χ0) is 22.0. The molecule has 0 saturated carbocycles. The summed E-state index contributed by atoms with van der Waals surface area (Å²) in [5.74, 6) is -1.27. The zero-order valence-corrected chi connectivity index (χ0v) is 17.7. The van der Waals surface area contributed by atoms with Gasteiger partial charge in [-0.1, -0.05) is 19.8 Å². The molecule has 1 aliphatic rings. The van der Waals surface area contributed by atoms with Gasteiger partial charge in [-0.25, -0.2) is 9.97 Å². The molecule has 5 N–H and O–H groups in total. The summed E-state index contributed by atoms with van der Waals surface area (Å²) in [4.78, 5) is 40.0. The summed E-state index contributed by atoms with van der Waals surface area (Å²) in [6, 6.07) is 6.05. The number of piperazine rings is 1. The SMILES string of the molecule is CCCCCN1CCN(c2ccc3[nH]c(-n4cnc(C(N)=O)c4C(N)=O)nc3c2)CC1. The Labute approximate surface area is 180 Å². The van der Waals surface area contributed by atoms with E-state index in [4.69, 9.17) is 11.5 Å². The molecule has 1 aliphatic heterocycles. The van der Waals surface area contributed by atoms with Crippen molar-refractivity contribution in [2.24, 2.45) is 11.5 Å². The number of imidazole rings is 2. The highest BCUT2D eigenvalue weighted by Crippen LogP contribution is 2.24. The summed E-state index contributed by atoms with van der Waals surface area (Å²) in [5.41, 5.74) is 13.1. The minimum atomic E-state index is -0.820. The fourth-order valence-corrected chi connectivity index (χ4v) is 4.03. The highest BCUT2D eigenvalue weighted by Gasteiger charge is 2.23. The standard InChI is InChI=1S/C21H28N8O2/c1-2-3-4-7-27-8-10-28(11-9-27)14-5-6-15-16(12-14)26-21(25-15)29-13-24-17(19(22)30)18(29)20(23)31/h5-6,12-13H,2-4,7-11H2,1H3,(H2,22,30)(H2,23,31)(H,25,26). The lowest BCUT2D eigenvalue weighted by molar-refractivity contribution is 0.0960. The molecule has 3 aromatic rings. The van der Waals surface area contributed by atoms with Gasteiger partial charge in [0.25, 0.3) is 11.8 Å². The molecule has 4 rings (SSSR count). The molecule has 31 heavy (non-hydrogen) atoms. The van der Waals surface area contributed by atoms with Gasteiger partial charge < -0.3 is 21.4 Å². The second kappa shape index (κ2) is 8.76. The molecule has 0 atom stereocenters. The number of fused-ring (bicyclic) bond motifs is 1. The van der Waals surface area contributed by atoms with Crippen molar-refractivity contribution in [3.8, 4) is 5.95 Å². The van der Waals surface area contributed by atoms with E-state index in [-0.39, 0.29) is 11.4 Å². The third-order valence-corrected chi connectivity index (χ3v) is 5.73. The van der Waals surface area contributed by atoms with Crippen molar-refractivity contribution in [2.75, 3.05) is 37.6 Å². The molecule has 1 fully saturated rings. The van der Waals surface area contributed by atoms with Gasteiger partial charge in [-0.15, -0.1) is 0 Å². The summed E-state index contributed by atoms with van der Waals surface area (Å²) in [6.07, 6.45) is 5.11. The normalized spacial score (nSPS) is 14.9. The molecule has 0 aliphatic carbocycles. The lowest BCUT2D eigenvalue weighted by Crippen LogP contribution is -2.46. The lowest BCUT2D eigenvalue weighted by atomic mass is 10.2. The van der Waals surface area contributed by atoms with Gasteiger partial charge in [0.1, 0.15) is 12.0 Å². The number of primary amides is 2. The number of nitrogens with two attached hydrogens (primary N) is 2. The van der Waals surface area contributed by atoms with Crippen LogP contribution in [0.15, 0.2) is 24.5 Å². The van der Waals surface area contributed by atoms with Crippen molar-refractivity contribution in [2.45, 2.75) is 26.2 Å². The number of carbonyl (C=O) groups excluding carboxylic acids is 2. The van der Waals surface area contributed by atoms with Gasteiger partial charge in [-0.2, -0.15) is 0 Å². The van der Waals surface area contributed by atoms with Crippen LogP contribution in [0.5, 0.6) is 0 Å². The van der Waals surface area contributed by atoms with Crippen molar-refractivity contribution in [1.29, 1.82) is 0 Å². The lowest BCUT2D eigenvalue weighted by Gasteiger charge is -2.36. The number of aromatic amines is 1. The minimum absolute atomic E-state index is 0.0917. The summed E-state index contributed by atoms with van der Waals surface area (Å²) < 4.78 is 1.36. The fourth-order valence-electron chi connectivity index (χ4n) is 4.03. The van der Waals surface area contributed by atoms with Gasteiger partial charge in [0.05, 0.1) is 11.0 Å². The van der Waals surface area contributed by atoms with Crippen LogP contribution < -0.4 is 16.4 Å². The maximum absolute atomic E-state index is 11.9. The Hall–Kier alpha value is -3.40. The summed E-state index contributed by atoms with van der Waals surface area (Å²) >= 11 is 0. The van der Waals surface area contributed by atoms with Gasteiger partial charge in [-0.3, -0.25) is 19.1 Å². The largest absolute Gasteiger partial charge is 0.369 e. The number of amides is 2. The Balaban J connectivity index is 1.54. The van der Waals surface area contributed by atoms with Gasteiger partial charge in [-0.05, 0) is 31.2 Å². The number of aromatic nitrogens is 4. The van der Waals surface area contributed by atoms with Crippen LogP contribution in [0, 0.1) is 0 Å². The Morgan fingerprint density at radius 1 is 1.10 bits per heavy atom. The zero-order valence-electron chi connectivity index (χ0n) is 17.7. The number of hydrogen-bond acceptors (Lipinski definition) is 6. The molecule has 3 heterocycles. The molecule has 1 saturated heterocycles. The molecule has 0 bridgehead atoms. The highest BCUT2D eigenvalue weighted by atomic mass is 16.2. The van der Waals surface area contributed by atoms with Crippen molar-refractivity contribution in [1.82, 2.24) is 24.4 Å². The molecule has 164 valence electrons. The number of nitrogens with one attached hydrogen (secondary N) is 1. The first-order valence-corrected chi connectivity index (χ1v) is 10.6. The first-order chi connectivity index (χ1) is 15.0. The first-order valence-electron chi connectivity index (χ1n) is 10.6. The summed E-state index contributed by atoms with van der Waals surface area (Å²) in [6.45, 7) is 7.46. The third kappa shape index (κ3) is 4.24. The molecule has 10 nitrogen and oxygen atoms in total. The van der Waals surface area contributed by atoms with Crippen LogP contribution in [0.3, 0.4) is 0 Å². The number of nitrogens with zero attached hydrogens (tertiary/aromatic N) is 5. The number of hydrogen-bond donors (Lipinski definition) is 3. The van der Waals surface area contributed by atoms with E-state index in [1.165, 1.54) is 36.7 Å². The quantitative estimate of drug-likeness (QED) is 0.465. The average Bonchev–Trinajstić information content (AvgIpc) is 3.38. The molecule has 2 amide bonds. The van der Waals surface area contributed by atoms with Gasteiger partial charge in [0.2, 0.25) is 5.95 Å². The topological polar surface area (TPSA) is 139 Å². The Morgan fingerprint density at radius 3 is 2.55 bits per heavy atom. The first kappa shape index (κ1) is 20.9. The predicted molar refractivity (Wildman–Crippen MR) is 118 cm³/mol. The molecule has 0 spiro atoms. The van der Waals surface area contributed by atoms with Crippen LogP contribution >= 0.6 is 0 Å². The van der Waals surface area contributed by atoms with E-state index in [1.807, 2.05) is 12.1 Å². The van der Waals surface area contributed by atoms with E-state index in [0.29, 0.717) is 5.95 Å². The van der Waals surface area contributed by atoms with Gasteiger partial charge in [0, 0.05) is 31.9 Å². The number of benzene rings is 1. The molecule has 0 unspecified atom stereocenters. The average molecular weight is 425 g/mol. The smallest absolute Gasteiger partial charge is 0.269 e. The number of H-pyrrole nitrogens is 1. The van der Waals surface area contributed by atoms with Crippen LogP contribution in [0.4, 0.5) is 5.69 Å². The highest BCUT2D eigenvalue weighted by molar-refractivity contribution is 6.04. The maximum Gasteiger partial charge on any atom is 0.269 e. The van der Waals surface area contributed by atoms with Gasteiger partial charge in [0.15, 0.2) is 5.69 Å². The second-order valence-electron chi connectivity index (χ2n) is 7.84. The second-order valence-corrected chi connectivity index (χ2v) is 7.84. The van der Waals surface area contributed by atoms with E-state index >= 15 is 0 Å². The Bertz CT molecular complexity index is 1090. The predicted octanol–water partition coefficient (Wildman–Crippen LogP) is 1.26. The Kier molecular flexibility index (Phi) is 5.90. The summed E-state index contributed by atoms with van der Waals surface area (Å²) in [5, 5.41) is 0. The molecule has 1 aromatic carbocycles. The van der Waals surface area contributed by atoms with Crippen molar-refractivity contribution < 1.29 is 9.59 Å². The molecular weight excluding hydrogens is 396 g/mol. The molecule has 0 radical (unpaired) electrons. The molecular formula is C21H28N8O2. The number of carbonyl (C=O) groups is 2. The van der Waals surface area contributed by atoms with E-state index in [0.717, 1.165) is 42.9 Å². The molecule has 10 heteroatoms. The fraction of sp³-hybridized carbons (Fsp3) is 0.429.